The van der Waals surface area contributed by atoms with Crippen LogP contribution in [0.5, 0.6) is 0 Å². The molecule has 5 nitrogen and oxygen atoms in total. The summed E-state index contributed by atoms with van der Waals surface area (Å²) in [7, 11) is 0. The summed E-state index contributed by atoms with van der Waals surface area (Å²) in [4.78, 5) is 4.20. The molecule has 0 saturated carbocycles. The Balaban J connectivity index is 1.88. The zero-order valence-corrected chi connectivity index (χ0v) is 9.44. The van der Waals surface area contributed by atoms with Crippen LogP contribution in [0.1, 0.15) is 12.2 Å². The Morgan fingerprint density at radius 3 is 3.12 bits per heavy atom. The van der Waals surface area contributed by atoms with Gasteiger partial charge in [-0.15, -0.1) is 0 Å². The zero-order chi connectivity index (χ0) is 11.2. The first-order chi connectivity index (χ1) is 7.90. The van der Waals surface area contributed by atoms with Gasteiger partial charge in [0.25, 0.3) is 5.89 Å². The highest BCUT2D eigenvalue weighted by Gasteiger charge is 2.10. The summed E-state index contributed by atoms with van der Waals surface area (Å²) in [6, 6.07) is 3.55. The highest BCUT2D eigenvalue weighted by Crippen LogP contribution is 2.18. The molecule has 2 aromatic rings. The average molecular weight is 240 g/mol. The number of thioether (sulfide) groups is 1. The van der Waals surface area contributed by atoms with Crippen molar-refractivity contribution in [1.29, 1.82) is 0 Å². The van der Waals surface area contributed by atoms with Gasteiger partial charge in [-0.3, -0.25) is 0 Å². The van der Waals surface area contributed by atoms with Crippen LogP contribution in [0.3, 0.4) is 0 Å². The fourth-order valence-corrected chi connectivity index (χ4v) is 1.92. The van der Waals surface area contributed by atoms with Crippen LogP contribution in [-0.2, 0) is 5.75 Å². The molecule has 0 spiro atoms. The molecule has 0 aliphatic carbocycles. The maximum Gasteiger partial charge on any atom is 0.293 e. The number of aliphatic hydroxyl groups excluding tert-OH is 1. The minimum Gasteiger partial charge on any atom is -0.459 e. The van der Waals surface area contributed by atoms with E-state index in [9.17, 15) is 0 Å². The maximum absolute atomic E-state index is 8.62. The fourth-order valence-electron chi connectivity index (χ4n) is 1.14. The molecule has 0 unspecified atom stereocenters. The van der Waals surface area contributed by atoms with Gasteiger partial charge in [-0.05, 0) is 24.3 Å². The molecule has 2 rings (SSSR count). The van der Waals surface area contributed by atoms with Gasteiger partial charge in [-0.1, -0.05) is 5.16 Å². The van der Waals surface area contributed by atoms with E-state index < -0.39 is 0 Å². The van der Waals surface area contributed by atoms with Crippen LogP contribution in [0.15, 0.2) is 27.3 Å². The predicted octanol–water partition coefficient (Wildman–Crippen LogP) is 1.95. The van der Waals surface area contributed by atoms with Gasteiger partial charge in [-0.25, -0.2) is 0 Å². The van der Waals surface area contributed by atoms with E-state index in [1.165, 1.54) is 0 Å². The SMILES string of the molecule is OCCCSCc1noc(-c2ccco2)n1. The van der Waals surface area contributed by atoms with Gasteiger partial charge in [0.1, 0.15) is 0 Å². The number of furan rings is 1. The molecule has 0 saturated heterocycles. The molecule has 0 bridgehead atoms. The Morgan fingerprint density at radius 2 is 2.38 bits per heavy atom. The highest BCUT2D eigenvalue weighted by molar-refractivity contribution is 7.98. The lowest BCUT2D eigenvalue weighted by molar-refractivity contribution is 0.296. The van der Waals surface area contributed by atoms with Crippen LogP contribution >= 0.6 is 11.8 Å². The van der Waals surface area contributed by atoms with Gasteiger partial charge in [0.05, 0.1) is 12.0 Å². The van der Waals surface area contributed by atoms with Gasteiger partial charge in [0, 0.05) is 6.61 Å². The minimum atomic E-state index is 0.219. The summed E-state index contributed by atoms with van der Waals surface area (Å²) in [5.74, 6) is 3.21. The topological polar surface area (TPSA) is 72.3 Å². The molecule has 0 aliphatic heterocycles. The second-order valence-corrected chi connectivity index (χ2v) is 4.23. The van der Waals surface area contributed by atoms with Gasteiger partial charge < -0.3 is 14.0 Å². The summed E-state index contributed by atoms with van der Waals surface area (Å²) < 4.78 is 10.2. The molecule has 0 amide bonds. The van der Waals surface area contributed by atoms with Gasteiger partial charge in [0.15, 0.2) is 11.6 Å². The molecule has 0 aliphatic rings. The summed E-state index contributed by atoms with van der Waals surface area (Å²) in [6.45, 7) is 0.219. The van der Waals surface area contributed by atoms with E-state index in [0.717, 1.165) is 12.2 Å². The molecular formula is C10H12N2O3S. The largest absolute Gasteiger partial charge is 0.459 e. The summed E-state index contributed by atoms with van der Waals surface area (Å²) in [6.07, 6.45) is 2.35. The third kappa shape index (κ3) is 2.86. The van der Waals surface area contributed by atoms with Crippen LogP contribution in [0.25, 0.3) is 11.7 Å². The van der Waals surface area contributed by atoms with Crippen LogP contribution in [-0.4, -0.2) is 27.6 Å². The summed E-state index contributed by atoms with van der Waals surface area (Å²) in [5, 5.41) is 12.5. The number of hydrogen-bond acceptors (Lipinski definition) is 6. The normalized spacial score (nSPS) is 10.8. The Kier molecular flexibility index (Phi) is 4.01. The van der Waals surface area contributed by atoms with E-state index in [1.54, 1.807) is 30.2 Å². The first-order valence-electron chi connectivity index (χ1n) is 4.95. The van der Waals surface area contributed by atoms with E-state index in [4.69, 9.17) is 14.0 Å². The van der Waals surface area contributed by atoms with Crippen molar-refractivity contribution >= 4 is 11.8 Å². The lowest BCUT2D eigenvalue weighted by Gasteiger charge is -1.93. The molecule has 0 fully saturated rings. The second-order valence-electron chi connectivity index (χ2n) is 3.12. The third-order valence-electron chi connectivity index (χ3n) is 1.88. The quantitative estimate of drug-likeness (QED) is 0.778. The molecule has 1 N–H and O–H groups in total. The van der Waals surface area contributed by atoms with Crippen LogP contribution in [0, 0.1) is 0 Å². The molecule has 86 valence electrons. The number of hydrogen-bond donors (Lipinski definition) is 1. The number of aromatic nitrogens is 2. The monoisotopic (exact) mass is 240 g/mol. The second kappa shape index (κ2) is 5.72. The summed E-state index contributed by atoms with van der Waals surface area (Å²) in [5.41, 5.74) is 0. The first-order valence-corrected chi connectivity index (χ1v) is 6.10. The van der Waals surface area contributed by atoms with Crippen LogP contribution < -0.4 is 0 Å². The van der Waals surface area contributed by atoms with Crippen molar-refractivity contribution in [3.63, 3.8) is 0 Å². The van der Waals surface area contributed by atoms with E-state index in [-0.39, 0.29) is 6.61 Å². The molecule has 16 heavy (non-hydrogen) atoms. The first kappa shape index (κ1) is 11.2. The molecular weight excluding hydrogens is 228 g/mol. The van der Waals surface area contributed by atoms with Gasteiger partial charge in [-0.2, -0.15) is 16.7 Å². The predicted molar refractivity (Wildman–Crippen MR) is 59.9 cm³/mol. The number of nitrogens with zero attached hydrogens (tertiary/aromatic N) is 2. The van der Waals surface area contributed by atoms with Crippen molar-refractivity contribution in [3.8, 4) is 11.7 Å². The van der Waals surface area contributed by atoms with E-state index in [0.29, 0.717) is 23.2 Å². The Labute approximate surface area is 96.8 Å². The van der Waals surface area contributed by atoms with E-state index in [1.807, 2.05) is 0 Å². The lowest BCUT2D eigenvalue weighted by atomic mass is 10.4. The van der Waals surface area contributed by atoms with E-state index >= 15 is 0 Å². The molecule has 6 heteroatoms. The third-order valence-corrected chi connectivity index (χ3v) is 2.92. The molecule has 0 aromatic carbocycles. The Hall–Kier alpha value is -1.27. The van der Waals surface area contributed by atoms with Crippen molar-refractivity contribution in [1.82, 2.24) is 10.1 Å². The van der Waals surface area contributed by atoms with Crippen molar-refractivity contribution in [2.24, 2.45) is 0 Å². The molecule has 2 heterocycles. The number of rotatable bonds is 6. The van der Waals surface area contributed by atoms with Crippen LogP contribution in [0.4, 0.5) is 0 Å². The number of aliphatic hydroxyl groups is 1. The van der Waals surface area contributed by atoms with Gasteiger partial charge >= 0.3 is 0 Å². The van der Waals surface area contributed by atoms with Crippen molar-refractivity contribution in [2.75, 3.05) is 12.4 Å². The molecule has 2 aromatic heterocycles. The standard InChI is InChI=1S/C10H12N2O3S/c13-4-2-6-16-7-9-11-10(15-12-9)8-3-1-5-14-8/h1,3,5,13H,2,4,6-7H2. The maximum atomic E-state index is 8.62. The van der Waals surface area contributed by atoms with E-state index in [2.05, 4.69) is 10.1 Å². The minimum absolute atomic E-state index is 0.219. The Morgan fingerprint density at radius 1 is 1.44 bits per heavy atom. The smallest absolute Gasteiger partial charge is 0.293 e. The fraction of sp³-hybridized carbons (Fsp3) is 0.400. The zero-order valence-electron chi connectivity index (χ0n) is 8.63. The summed E-state index contributed by atoms with van der Waals surface area (Å²) >= 11 is 1.67. The van der Waals surface area contributed by atoms with Crippen molar-refractivity contribution < 1.29 is 14.0 Å². The molecule has 0 radical (unpaired) electrons. The Bertz CT molecular complexity index is 413. The van der Waals surface area contributed by atoms with Crippen molar-refractivity contribution in [3.05, 3.63) is 24.2 Å². The van der Waals surface area contributed by atoms with Gasteiger partial charge in [0.2, 0.25) is 0 Å². The van der Waals surface area contributed by atoms with Crippen LogP contribution in [0.2, 0.25) is 0 Å². The van der Waals surface area contributed by atoms with Crippen molar-refractivity contribution in [2.45, 2.75) is 12.2 Å². The lowest BCUT2D eigenvalue weighted by Crippen LogP contribution is -1.89. The molecule has 0 atom stereocenters. The average Bonchev–Trinajstić information content (AvgIpc) is 2.94. The highest BCUT2D eigenvalue weighted by atomic mass is 32.2.